The highest BCUT2D eigenvalue weighted by Crippen LogP contribution is 2.38. The summed E-state index contributed by atoms with van der Waals surface area (Å²) in [5.41, 5.74) is 1.40. The van der Waals surface area contributed by atoms with E-state index in [1.54, 1.807) is 0 Å². The molecule has 0 N–H and O–H groups in total. The molecule has 2 atom stereocenters. The van der Waals surface area contributed by atoms with Gasteiger partial charge in [0.2, 0.25) is 0 Å². The van der Waals surface area contributed by atoms with Crippen LogP contribution in [-0.4, -0.2) is 31.9 Å². The van der Waals surface area contributed by atoms with Crippen molar-refractivity contribution in [3.8, 4) is 0 Å². The standard InChI is InChI=1S/C18H31NOSi/c1-15-12-17(20-21(5,6)18(2,3)4)14-19(15)13-16-10-8-7-9-11-16/h7-11,15,17H,12-14H2,1-6H3/t15-,17-/m0/s1. The van der Waals surface area contributed by atoms with Gasteiger partial charge in [-0.1, -0.05) is 51.1 Å². The highest BCUT2D eigenvalue weighted by Gasteiger charge is 2.41. The topological polar surface area (TPSA) is 12.5 Å². The van der Waals surface area contributed by atoms with Crippen LogP contribution in [-0.2, 0) is 11.0 Å². The molecule has 2 nitrogen and oxygen atoms in total. The van der Waals surface area contributed by atoms with Crippen LogP contribution >= 0.6 is 0 Å². The second kappa shape index (κ2) is 6.23. The Kier molecular flexibility index (Phi) is 4.96. The highest BCUT2D eigenvalue weighted by atomic mass is 28.4. The van der Waals surface area contributed by atoms with Gasteiger partial charge in [0.15, 0.2) is 8.32 Å². The molecule has 0 saturated carbocycles. The van der Waals surface area contributed by atoms with E-state index in [4.69, 9.17) is 4.43 Å². The molecule has 1 aromatic carbocycles. The van der Waals surface area contributed by atoms with E-state index in [1.807, 2.05) is 0 Å². The monoisotopic (exact) mass is 305 g/mol. The Morgan fingerprint density at radius 1 is 1.19 bits per heavy atom. The lowest BCUT2D eigenvalue weighted by Crippen LogP contribution is -2.44. The van der Waals surface area contributed by atoms with Crippen molar-refractivity contribution in [1.29, 1.82) is 0 Å². The Balaban J connectivity index is 1.95. The fourth-order valence-corrected chi connectivity index (χ4v) is 4.12. The predicted octanol–water partition coefficient (Wildman–Crippen LogP) is 4.67. The van der Waals surface area contributed by atoms with E-state index in [0.29, 0.717) is 17.2 Å². The maximum atomic E-state index is 6.60. The number of rotatable bonds is 4. The van der Waals surface area contributed by atoms with Gasteiger partial charge >= 0.3 is 0 Å². The average Bonchev–Trinajstić information content (AvgIpc) is 2.68. The molecule has 1 saturated heterocycles. The van der Waals surface area contributed by atoms with Crippen molar-refractivity contribution in [2.45, 2.75) is 70.9 Å². The maximum Gasteiger partial charge on any atom is 0.192 e. The smallest absolute Gasteiger partial charge is 0.192 e. The van der Waals surface area contributed by atoms with E-state index >= 15 is 0 Å². The molecule has 1 aliphatic rings. The normalized spacial score (nSPS) is 24.5. The van der Waals surface area contributed by atoms with Crippen LogP contribution in [0.1, 0.15) is 39.7 Å². The van der Waals surface area contributed by atoms with E-state index < -0.39 is 8.32 Å². The molecule has 0 unspecified atom stereocenters. The van der Waals surface area contributed by atoms with Crippen molar-refractivity contribution in [2.75, 3.05) is 6.54 Å². The van der Waals surface area contributed by atoms with Crippen molar-refractivity contribution in [3.05, 3.63) is 35.9 Å². The van der Waals surface area contributed by atoms with E-state index in [9.17, 15) is 0 Å². The van der Waals surface area contributed by atoms with Crippen LogP contribution in [0.2, 0.25) is 18.1 Å². The largest absolute Gasteiger partial charge is 0.413 e. The van der Waals surface area contributed by atoms with E-state index in [1.165, 1.54) is 12.0 Å². The quantitative estimate of drug-likeness (QED) is 0.749. The number of likely N-dealkylation sites (tertiary alicyclic amines) is 1. The third kappa shape index (κ3) is 4.18. The van der Waals surface area contributed by atoms with Gasteiger partial charge in [0.1, 0.15) is 0 Å². The Labute approximate surface area is 131 Å². The summed E-state index contributed by atoms with van der Waals surface area (Å²) in [6, 6.07) is 11.4. The van der Waals surface area contributed by atoms with Gasteiger partial charge in [-0.3, -0.25) is 4.90 Å². The van der Waals surface area contributed by atoms with Crippen LogP contribution in [0.3, 0.4) is 0 Å². The van der Waals surface area contributed by atoms with Crippen molar-refractivity contribution in [2.24, 2.45) is 0 Å². The lowest BCUT2D eigenvalue weighted by molar-refractivity contribution is 0.178. The second-order valence-electron chi connectivity index (χ2n) is 8.00. The molecule has 2 rings (SSSR count). The highest BCUT2D eigenvalue weighted by molar-refractivity contribution is 6.74. The fraction of sp³-hybridized carbons (Fsp3) is 0.667. The molecule has 118 valence electrons. The minimum atomic E-state index is -1.65. The Hall–Kier alpha value is -0.643. The molecule has 0 amide bonds. The van der Waals surface area contributed by atoms with Crippen LogP contribution < -0.4 is 0 Å². The summed E-state index contributed by atoms with van der Waals surface area (Å²) in [6.07, 6.45) is 1.57. The molecular weight excluding hydrogens is 274 g/mol. The zero-order chi connectivity index (χ0) is 15.7. The van der Waals surface area contributed by atoms with Crippen LogP contribution in [0.5, 0.6) is 0 Å². The van der Waals surface area contributed by atoms with Gasteiger partial charge in [0, 0.05) is 19.1 Å². The SMILES string of the molecule is C[C@H]1C[C@H](O[Si](C)(C)C(C)(C)C)CN1Cc1ccccc1. The summed E-state index contributed by atoms with van der Waals surface area (Å²) in [5.74, 6) is 0. The Morgan fingerprint density at radius 2 is 1.81 bits per heavy atom. The first-order valence-corrected chi connectivity index (χ1v) is 11.1. The molecule has 1 fully saturated rings. The summed E-state index contributed by atoms with van der Waals surface area (Å²) < 4.78 is 6.60. The van der Waals surface area contributed by atoms with Crippen molar-refractivity contribution < 1.29 is 4.43 Å². The average molecular weight is 306 g/mol. The van der Waals surface area contributed by atoms with E-state index in [2.05, 4.69) is 76.0 Å². The predicted molar refractivity (Wildman–Crippen MR) is 93.0 cm³/mol. The van der Waals surface area contributed by atoms with Crippen molar-refractivity contribution in [1.82, 2.24) is 4.90 Å². The van der Waals surface area contributed by atoms with Crippen LogP contribution in [0.25, 0.3) is 0 Å². The molecule has 1 heterocycles. The van der Waals surface area contributed by atoms with Gasteiger partial charge in [-0.15, -0.1) is 0 Å². The first-order chi connectivity index (χ1) is 9.69. The summed E-state index contributed by atoms with van der Waals surface area (Å²) in [6.45, 7) is 16.1. The van der Waals surface area contributed by atoms with Gasteiger partial charge in [-0.25, -0.2) is 0 Å². The Bertz CT molecular complexity index is 452. The molecule has 3 heteroatoms. The maximum absolute atomic E-state index is 6.60. The van der Waals surface area contributed by atoms with Crippen molar-refractivity contribution >= 4 is 8.32 Å². The molecule has 0 aromatic heterocycles. The van der Waals surface area contributed by atoms with E-state index in [-0.39, 0.29) is 0 Å². The van der Waals surface area contributed by atoms with Gasteiger partial charge < -0.3 is 4.43 Å². The van der Waals surface area contributed by atoms with Gasteiger partial charge in [-0.2, -0.15) is 0 Å². The van der Waals surface area contributed by atoms with Crippen molar-refractivity contribution in [3.63, 3.8) is 0 Å². The molecule has 1 aromatic rings. The van der Waals surface area contributed by atoms with Crippen LogP contribution in [0, 0.1) is 0 Å². The molecule has 1 aliphatic heterocycles. The third-order valence-electron chi connectivity index (χ3n) is 5.16. The second-order valence-corrected chi connectivity index (χ2v) is 12.8. The van der Waals surface area contributed by atoms with Gasteiger partial charge in [0.05, 0.1) is 6.10 Å². The minimum Gasteiger partial charge on any atom is -0.413 e. The molecule has 0 radical (unpaired) electrons. The van der Waals surface area contributed by atoms with Crippen LogP contribution in [0.4, 0.5) is 0 Å². The molecular formula is C18H31NOSi. The minimum absolute atomic E-state index is 0.295. The zero-order valence-corrected chi connectivity index (χ0v) is 15.5. The number of hydrogen-bond acceptors (Lipinski definition) is 2. The summed E-state index contributed by atoms with van der Waals surface area (Å²) in [4.78, 5) is 2.56. The number of hydrogen-bond donors (Lipinski definition) is 0. The molecule has 0 spiro atoms. The third-order valence-corrected chi connectivity index (χ3v) is 9.70. The molecule has 0 bridgehead atoms. The lowest BCUT2D eigenvalue weighted by atomic mass is 10.2. The zero-order valence-electron chi connectivity index (χ0n) is 14.5. The van der Waals surface area contributed by atoms with Crippen LogP contribution in [0.15, 0.2) is 30.3 Å². The first kappa shape index (κ1) is 16.7. The summed E-state index contributed by atoms with van der Waals surface area (Å²) >= 11 is 0. The lowest BCUT2D eigenvalue weighted by Gasteiger charge is -2.38. The Morgan fingerprint density at radius 3 is 2.38 bits per heavy atom. The fourth-order valence-electron chi connectivity index (χ4n) is 2.76. The number of nitrogens with zero attached hydrogens (tertiary/aromatic N) is 1. The first-order valence-electron chi connectivity index (χ1n) is 8.15. The number of benzene rings is 1. The van der Waals surface area contributed by atoms with Gasteiger partial charge in [0.25, 0.3) is 0 Å². The van der Waals surface area contributed by atoms with E-state index in [0.717, 1.165) is 13.1 Å². The van der Waals surface area contributed by atoms with Gasteiger partial charge in [-0.05, 0) is 37.0 Å². The molecule has 0 aliphatic carbocycles. The summed E-state index contributed by atoms with van der Waals surface area (Å²) in [5, 5.41) is 0.295. The molecule has 21 heavy (non-hydrogen) atoms. The summed E-state index contributed by atoms with van der Waals surface area (Å²) in [7, 11) is -1.65.